The number of hydrogen-bond donors (Lipinski definition) is 0. The fraction of sp³-hybridized carbons (Fsp3) is 0.227. The standard InChI is InChI=1S/C22H21NO2S/c1-23(22(24)21-13-18-5-3-4-6-20(18)26-21)14-15-7-8-17-12-19(25-2)10-9-16(17)11-15/h3-12,21H,13-14H2,1-2H3. The Morgan fingerprint density at radius 2 is 1.88 bits per heavy atom. The lowest BCUT2D eigenvalue weighted by atomic mass is 10.1. The van der Waals surface area contributed by atoms with Crippen LogP contribution in [-0.2, 0) is 17.8 Å². The predicted molar refractivity (Wildman–Crippen MR) is 107 cm³/mol. The molecule has 0 N–H and O–H groups in total. The number of carbonyl (C=O) groups is 1. The number of ether oxygens (including phenoxy) is 1. The maximum absolute atomic E-state index is 12.9. The summed E-state index contributed by atoms with van der Waals surface area (Å²) in [5.74, 6) is 1.05. The minimum atomic E-state index is -0.0119. The number of nitrogens with zero attached hydrogens (tertiary/aromatic N) is 1. The fourth-order valence-corrected chi connectivity index (χ4v) is 4.73. The average molecular weight is 363 g/mol. The first-order chi connectivity index (χ1) is 12.6. The minimum Gasteiger partial charge on any atom is -0.497 e. The van der Waals surface area contributed by atoms with E-state index in [9.17, 15) is 4.79 Å². The van der Waals surface area contributed by atoms with Crippen molar-refractivity contribution in [3.8, 4) is 5.75 Å². The predicted octanol–water partition coefficient (Wildman–Crippen LogP) is 4.52. The van der Waals surface area contributed by atoms with Gasteiger partial charge in [0.1, 0.15) is 5.75 Å². The van der Waals surface area contributed by atoms with Gasteiger partial charge in [-0.15, -0.1) is 11.8 Å². The van der Waals surface area contributed by atoms with Gasteiger partial charge in [-0.05, 0) is 52.6 Å². The summed E-state index contributed by atoms with van der Waals surface area (Å²) in [6.45, 7) is 0.619. The van der Waals surface area contributed by atoms with E-state index in [1.54, 1.807) is 18.9 Å². The van der Waals surface area contributed by atoms with Crippen molar-refractivity contribution in [3.05, 3.63) is 71.8 Å². The molecule has 1 unspecified atom stereocenters. The van der Waals surface area contributed by atoms with Gasteiger partial charge in [-0.1, -0.05) is 36.4 Å². The second-order valence-electron chi connectivity index (χ2n) is 6.66. The maximum atomic E-state index is 12.9. The highest BCUT2D eigenvalue weighted by atomic mass is 32.2. The fourth-order valence-electron chi connectivity index (χ4n) is 3.42. The molecule has 0 bridgehead atoms. The van der Waals surface area contributed by atoms with E-state index in [0.29, 0.717) is 6.54 Å². The highest BCUT2D eigenvalue weighted by molar-refractivity contribution is 8.01. The SMILES string of the molecule is COc1ccc2cc(CN(C)C(=O)C3Cc4ccccc4S3)ccc2c1. The molecule has 0 saturated heterocycles. The number of rotatable bonds is 4. The summed E-state index contributed by atoms with van der Waals surface area (Å²) in [7, 11) is 3.57. The normalized spacial score (nSPS) is 15.7. The molecule has 26 heavy (non-hydrogen) atoms. The minimum absolute atomic E-state index is 0.0119. The van der Waals surface area contributed by atoms with Gasteiger partial charge in [-0.2, -0.15) is 0 Å². The Balaban J connectivity index is 1.47. The van der Waals surface area contributed by atoms with Crippen molar-refractivity contribution in [3.63, 3.8) is 0 Å². The van der Waals surface area contributed by atoms with Gasteiger partial charge in [-0.25, -0.2) is 0 Å². The molecule has 1 amide bonds. The number of methoxy groups -OCH3 is 1. The van der Waals surface area contributed by atoms with Crippen LogP contribution in [-0.4, -0.2) is 30.2 Å². The first-order valence-electron chi connectivity index (χ1n) is 8.70. The Morgan fingerprint density at radius 3 is 2.69 bits per heavy atom. The van der Waals surface area contributed by atoms with E-state index < -0.39 is 0 Å². The molecule has 0 radical (unpaired) electrons. The molecule has 132 valence electrons. The molecule has 0 fully saturated rings. The molecule has 4 heteroatoms. The Kier molecular flexibility index (Phi) is 4.60. The first kappa shape index (κ1) is 17.0. The second-order valence-corrected chi connectivity index (χ2v) is 7.90. The molecule has 0 spiro atoms. The van der Waals surface area contributed by atoms with E-state index in [1.807, 2.05) is 36.2 Å². The van der Waals surface area contributed by atoms with Crippen LogP contribution in [0.25, 0.3) is 10.8 Å². The number of thioether (sulfide) groups is 1. The number of amides is 1. The third-order valence-electron chi connectivity index (χ3n) is 4.83. The van der Waals surface area contributed by atoms with Gasteiger partial charge in [0.2, 0.25) is 5.91 Å². The molecule has 1 atom stereocenters. The second kappa shape index (κ2) is 7.04. The molecular weight excluding hydrogens is 342 g/mol. The zero-order valence-electron chi connectivity index (χ0n) is 14.9. The van der Waals surface area contributed by atoms with Crippen molar-refractivity contribution in [1.82, 2.24) is 4.90 Å². The van der Waals surface area contributed by atoms with E-state index in [-0.39, 0.29) is 11.2 Å². The summed E-state index contributed by atoms with van der Waals surface area (Å²) in [5, 5.41) is 2.29. The van der Waals surface area contributed by atoms with Crippen molar-refractivity contribution >= 4 is 28.4 Å². The Labute approximate surface area is 158 Å². The Morgan fingerprint density at radius 1 is 1.12 bits per heavy atom. The summed E-state index contributed by atoms with van der Waals surface area (Å²) >= 11 is 1.68. The number of carbonyl (C=O) groups excluding carboxylic acids is 1. The molecule has 0 aromatic heterocycles. The lowest BCUT2D eigenvalue weighted by molar-refractivity contribution is -0.129. The molecule has 0 saturated carbocycles. The summed E-state index contributed by atoms with van der Waals surface area (Å²) in [5.41, 5.74) is 2.42. The van der Waals surface area contributed by atoms with Crippen LogP contribution in [0.5, 0.6) is 5.75 Å². The van der Waals surface area contributed by atoms with Crippen LogP contribution >= 0.6 is 11.8 Å². The summed E-state index contributed by atoms with van der Waals surface area (Å²) < 4.78 is 5.28. The van der Waals surface area contributed by atoms with Gasteiger partial charge in [0.25, 0.3) is 0 Å². The van der Waals surface area contributed by atoms with Gasteiger partial charge in [-0.3, -0.25) is 4.79 Å². The van der Waals surface area contributed by atoms with E-state index >= 15 is 0 Å². The number of fused-ring (bicyclic) bond motifs is 2. The van der Waals surface area contributed by atoms with E-state index in [4.69, 9.17) is 4.74 Å². The number of hydrogen-bond acceptors (Lipinski definition) is 3. The van der Waals surface area contributed by atoms with Crippen LogP contribution in [0, 0.1) is 0 Å². The van der Waals surface area contributed by atoms with E-state index in [1.165, 1.54) is 10.5 Å². The molecule has 1 heterocycles. The Bertz CT molecular complexity index is 944. The lowest BCUT2D eigenvalue weighted by Crippen LogP contribution is -2.34. The van der Waals surface area contributed by atoms with Crippen LogP contribution in [0.2, 0.25) is 0 Å². The summed E-state index contributed by atoms with van der Waals surface area (Å²) in [6, 6.07) is 20.7. The van der Waals surface area contributed by atoms with Gasteiger partial charge in [0, 0.05) is 18.5 Å². The van der Waals surface area contributed by atoms with E-state index in [2.05, 4.69) is 36.4 Å². The zero-order chi connectivity index (χ0) is 18.1. The number of benzene rings is 3. The maximum Gasteiger partial charge on any atom is 0.236 e. The topological polar surface area (TPSA) is 29.5 Å². The molecule has 3 aromatic rings. The van der Waals surface area contributed by atoms with Crippen LogP contribution < -0.4 is 4.74 Å². The summed E-state index contributed by atoms with van der Waals surface area (Å²) in [6.07, 6.45) is 0.821. The average Bonchev–Trinajstić information content (AvgIpc) is 3.11. The van der Waals surface area contributed by atoms with Crippen LogP contribution in [0.3, 0.4) is 0 Å². The third-order valence-corrected chi connectivity index (χ3v) is 6.14. The smallest absolute Gasteiger partial charge is 0.236 e. The lowest BCUT2D eigenvalue weighted by Gasteiger charge is -2.21. The van der Waals surface area contributed by atoms with Crippen molar-refractivity contribution in [2.75, 3.05) is 14.2 Å². The van der Waals surface area contributed by atoms with Crippen molar-refractivity contribution < 1.29 is 9.53 Å². The Hall–Kier alpha value is -2.46. The quantitative estimate of drug-likeness (QED) is 0.682. The zero-order valence-corrected chi connectivity index (χ0v) is 15.8. The first-order valence-corrected chi connectivity index (χ1v) is 9.58. The molecule has 3 aromatic carbocycles. The molecular formula is C22H21NO2S. The largest absolute Gasteiger partial charge is 0.497 e. The van der Waals surface area contributed by atoms with Crippen LogP contribution in [0.4, 0.5) is 0 Å². The van der Waals surface area contributed by atoms with Gasteiger partial charge < -0.3 is 9.64 Å². The highest BCUT2D eigenvalue weighted by Gasteiger charge is 2.30. The van der Waals surface area contributed by atoms with Crippen molar-refractivity contribution in [1.29, 1.82) is 0 Å². The van der Waals surface area contributed by atoms with Gasteiger partial charge in [0.05, 0.1) is 12.4 Å². The van der Waals surface area contributed by atoms with Gasteiger partial charge >= 0.3 is 0 Å². The third kappa shape index (κ3) is 3.29. The monoisotopic (exact) mass is 363 g/mol. The molecule has 1 aliphatic rings. The van der Waals surface area contributed by atoms with Gasteiger partial charge in [0.15, 0.2) is 0 Å². The van der Waals surface area contributed by atoms with E-state index in [0.717, 1.165) is 28.5 Å². The molecule has 4 rings (SSSR count). The molecule has 1 aliphatic heterocycles. The van der Waals surface area contributed by atoms with Crippen molar-refractivity contribution in [2.45, 2.75) is 23.1 Å². The highest BCUT2D eigenvalue weighted by Crippen LogP contribution is 2.37. The molecule has 0 aliphatic carbocycles. The molecule has 3 nitrogen and oxygen atoms in total. The van der Waals surface area contributed by atoms with Crippen LogP contribution in [0.1, 0.15) is 11.1 Å². The summed E-state index contributed by atoms with van der Waals surface area (Å²) in [4.78, 5) is 15.9. The van der Waals surface area contributed by atoms with Crippen molar-refractivity contribution in [2.24, 2.45) is 0 Å². The van der Waals surface area contributed by atoms with Crippen LogP contribution in [0.15, 0.2) is 65.6 Å².